The first-order valence-corrected chi connectivity index (χ1v) is 9.26. The van der Waals surface area contributed by atoms with Gasteiger partial charge in [0.25, 0.3) is 0 Å². The molecule has 3 rings (SSSR count). The molecule has 4 heteroatoms. The van der Waals surface area contributed by atoms with Gasteiger partial charge in [0.1, 0.15) is 0 Å². The molecule has 2 aliphatic rings. The normalized spacial score (nSPS) is 27.0. The number of hydrogen-bond acceptors (Lipinski definition) is 2. The van der Waals surface area contributed by atoms with Crippen molar-refractivity contribution >= 4 is 17.5 Å². The molecule has 23 heavy (non-hydrogen) atoms. The highest BCUT2D eigenvalue weighted by Gasteiger charge is 2.28. The molecule has 1 aromatic rings. The highest BCUT2D eigenvalue weighted by molar-refractivity contribution is 6.31. The van der Waals surface area contributed by atoms with Crippen molar-refractivity contribution in [3.8, 4) is 0 Å². The molecule has 0 N–H and O–H groups in total. The number of carbonyl (C=O) groups is 1. The molecular formula is C19H27ClN2O. The van der Waals surface area contributed by atoms with E-state index < -0.39 is 0 Å². The second-order valence-electron chi connectivity index (χ2n) is 7.13. The molecule has 1 aromatic carbocycles. The lowest BCUT2D eigenvalue weighted by atomic mass is 9.96. The van der Waals surface area contributed by atoms with Crippen LogP contribution in [0.5, 0.6) is 0 Å². The van der Waals surface area contributed by atoms with E-state index in [1.54, 1.807) is 0 Å². The molecule has 0 bridgehead atoms. The van der Waals surface area contributed by atoms with Gasteiger partial charge in [0, 0.05) is 37.1 Å². The van der Waals surface area contributed by atoms with Crippen LogP contribution in [0.4, 0.5) is 0 Å². The number of rotatable bonds is 3. The molecule has 2 heterocycles. The van der Waals surface area contributed by atoms with Crippen LogP contribution >= 0.6 is 11.6 Å². The average molecular weight is 335 g/mol. The maximum atomic E-state index is 12.5. The Hall–Kier alpha value is -1.06. The quantitative estimate of drug-likeness (QED) is 0.835. The Morgan fingerprint density at radius 3 is 2.78 bits per heavy atom. The van der Waals surface area contributed by atoms with Crippen LogP contribution in [0, 0.1) is 5.92 Å². The third-order valence-electron chi connectivity index (χ3n) is 5.30. The molecular weight excluding hydrogens is 308 g/mol. The van der Waals surface area contributed by atoms with Gasteiger partial charge in [-0.1, -0.05) is 36.7 Å². The number of benzene rings is 1. The third-order valence-corrected chi connectivity index (χ3v) is 5.67. The molecule has 2 unspecified atom stereocenters. The van der Waals surface area contributed by atoms with Gasteiger partial charge in [-0.15, -0.1) is 0 Å². The molecule has 0 radical (unpaired) electrons. The molecule has 0 aromatic heterocycles. The Morgan fingerprint density at radius 2 is 2.00 bits per heavy atom. The van der Waals surface area contributed by atoms with Crippen molar-refractivity contribution in [1.82, 2.24) is 9.80 Å². The first-order valence-electron chi connectivity index (χ1n) is 8.88. The summed E-state index contributed by atoms with van der Waals surface area (Å²) >= 11 is 6.25. The van der Waals surface area contributed by atoms with E-state index in [1.807, 2.05) is 29.2 Å². The van der Waals surface area contributed by atoms with E-state index in [1.165, 1.54) is 25.9 Å². The predicted octanol–water partition coefficient (Wildman–Crippen LogP) is 3.95. The van der Waals surface area contributed by atoms with Crippen molar-refractivity contribution < 1.29 is 4.79 Å². The third kappa shape index (κ3) is 4.27. The minimum Gasteiger partial charge on any atom is -0.338 e. The molecule has 2 atom stereocenters. The van der Waals surface area contributed by atoms with Crippen molar-refractivity contribution in [2.45, 2.75) is 51.6 Å². The van der Waals surface area contributed by atoms with Gasteiger partial charge in [-0.2, -0.15) is 0 Å². The van der Waals surface area contributed by atoms with Gasteiger partial charge in [0.2, 0.25) is 5.91 Å². The fourth-order valence-electron chi connectivity index (χ4n) is 3.94. The molecule has 1 amide bonds. The number of hydrogen-bond donors (Lipinski definition) is 0. The van der Waals surface area contributed by atoms with Crippen molar-refractivity contribution in [1.29, 1.82) is 0 Å². The predicted molar refractivity (Wildman–Crippen MR) is 94.5 cm³/mol. The Labute approximate surface area is 144 Å². The summed E-state index contributed by atoms with van der Waals surface area (Å²) in [7, 11) is 0. The summed E-state index contributed by atoms with van der Waals surface area (Å²) in [6.07, 6.45) is 5.41. The lowest BCUT2D eigenvalue weighted by molar-refractivity contribution is -0.131. The zero-order valence-electron chi connectivity index (χ0n) is 14.0. The summed E-state index contributed by atoms with van der Waals surface area (Å²) in [4.78, 5) is 17.1. The van der Waals surface area contributed by atoms with E-state index in [2.05, 4.69) is 11.8 Å². The largest absolute Gasteiger partial charge is 0.338 e. The van der Waals surface area contributed by atoms with Crippen LogP contribution in [0.15, 0.2) is 24.3 Å². The zero-order chi connectivity index (χ0) is 16.2. The summed E-state index contributed by atoms with van der Waals surface area (Å²) in [5.74, 6) is 1.07. The Bertz CT molecular complexity index is 548. The first kappa shape index (κ1) is 16.8. The minimum atomic E-state index is 0.275. The van der Waals surface area contributed by atoms with Crippen LogP contribution in [0.3, 0.4) is 0 Å². The molecule has 3 nitrogen and oxygen atoms in total. The Kier molecular flexibility index (Phi) is 5.60. The number of nitrogens with zero attached hydrogens (tertiary/aromatic N) is 2. The SMILES string of the molecule is CC1CCCN(C2CCC(=O)N(Cc3ccccc3Cl)CC2)C1. The number of likely N-dealkylation sites (tertiary alicyclic amines) is 2. The van der Waals surface area contributed by atoms with Gasteiger partial charge in [-0.05, 0) is 49.8 Å². The van der Waals surface area contributed by atoms with E-state index in [9.17, 15) is 4.79 Å². The van der Waals surface area contributed by atoms with E-state index >= 15 is 0 Å². The first-order chi connectivity index (χ1) is 11.1. The van der Waals surface area contributed by atoms with Gasteiger partial charge >= 0.3 is 0 Å². The highest BCUT2D eigenvalue weighted by atomic mass is 35.5. The van der Waals surface area contributed by atoms with Crippen molar-refractivity contribution in [3.05, 3.63) is 34.9 Å². The van der Waals surface area contributed by atoms with Crippen LogP contribution in [0.2, 0.25) is 5.02 Å². The summed E-state index contributed by atoms with van der Waals surface area (Å²) in [5, 5.41) is 0.756. The summed E-state index contributed by atoms with van der Waals surface area (Å²) in [5.41, 5.74) is 1.05. The lowest BCUT2D eigenvalue weighted by Gasteiger charge is -2.37. The smallest absolute Gasteiger partial charge is 0.222 e. The summed E-state index contributed by atoms with van der Waals surface area (Å²) in [6.45, 7) is 6.23. The van der Waals surface area contributed by atoms with Crippen LogP contribution in [0.1, 0.15) is 44.6 Å². The number of piperidine rings is 1. The van der Waals surface area contributed by atoms with Gasteiger partial charge < -0.3 is 9.80 Å². The second-order valence-corrected chi connectivity index (χ2v) is 7.54. The lowest BCUT2D eigenvalue weighted by Crippen LogP contribution is -2.42. The van der Waals surface area contributed by atoms with Crippen LogP contribution < -0.4 is 0 Å². The van der Waals surface area contributed by atoms with Crippen molar-refractivity contribution in [2.24, 2.45) is 5.92 Å². The van der Waals surface area contributed by atoms with E-state index in [4.69, 9.17) is 11.6 Å². The Morgan fingerprint density at radius 1 is 1.17 bits per heavy atom. The number of carbonyl (C=O) groups excluding carboxylic acids is 1. The second kappa shape index (κ2) is 7.67. The standard InChI is InChI=1S/C19H27ClN2O/c1-15-5-4-11-21(13-15)17-8-9-19(23)22(12-10-17)14-16-6-2-3-7-18(16)20/h2-3,6-7,15,17H,4-5,8-14H2,1H3. The van der Waals surface area contributed by atoms with Gasteiger partial charge in [0.05, 0.1) is 0 Å². The van der Waals surface area contributed by atoms with Crippen molar-refractivity contribution in [2.75, 3.05) is 19.6 Å². The van der Waals surface area contributed by atoms with Crippen molar-refractivity contribution in [3.63, 3.8) is 0 Å². The number of amides is 1. The number of halogens is 1. The topological polar surface area (TPSA) is 23.6 Å². The summed E-state index contributed by atoms with van der Waals surface area (Å²) < 4.78 is 0. The monoisotopic (exact) mass is 334 g/mol. The fraction of sp³-hybridized carbons (Fsp3) is 0.632. The fourth-order valence-corrected chi connectivity index (χ4v) is 4.14. The van der Waals surface area contributed by atoms with Crippen LogP contribution in [-0.4, -0.2) is 41.4 Å². The molecule has 2 saturated heterocycles. The molecule has 2 fully saturated rings. The Balaban J connectivity index is 1.62. The highest BCUT2D eigenvalue weighted by Crippen LogP contribution is 2.25. The van der Waals surface area contributed by atoms with Gasteiger partial charge in [0.15, 0.2) is 0 Å². The van der Waals surface area contributed by atoms with E-state index in [-0.39, 0.29) is 5.91 Å². The van der Waals surface area contributed by atoms with Crippen LogP contribution in [0.25, 0.3) is 0 Å². The molecule has 126 valence electrons. The maximum absolute atomic E-state index is 12.5. The summed E-state index contributed by atoms with van der Waals surface area (Å²) in [6, 6.07) is 8.41. The van der Waals surface area contributed by atoms with E-state index in [0.29, 0.717) is 19.0 Å². The van der Waals surface area contributed by atoms with Gasteiger partial charge in [-0.25, -0.2) is 0 Å². The zero-order valence-corrected chi connectivity index (χ0v) is 14.8. The minimum absolute atomic E-state index is 0.275. The molecule has 0 saturated carbocycles. The molecule has 2 aliphatic heterocycles. The molecule has 0 aliphatic carbocycles. The average Bonchev–Trinajstić information content (AvgIpc) is 2.72. The van der Waals surface area contributed by atoms with Crippen LogP contribution in [-0.2, 0) is 11.3 Å². The maximum Gasteiger partial charge on any atom is 0.222 e. The molecule has 0 spiro atoms. The van der Waals surface area contributed by atoms with E-state index in [0.717, 1.165) is 35.9 Å². The van der Waals surface area contributed by atoms with Gasteiger partial charge in [-0.3, -0.25) is 4.79 Å².